The van der Waals surface area contributed by atoms with E-state index in [4.69, 9.17) is 4.52 Å². The molecule has 1 aliphatic heterocycles. The second kappa shape index (κ2) is 6.10. The van der Waals surface area contributed by atoms with E-state index in [0.717, 1.165) is 18.8 Å². The van der Waals surface area contributed by atoms with Gasteiger partial charge in [0, 0.05) is 29.0 Å². The van der Waals surface area contributed by atoms with Gasteiger partial charge in [0.05, 0.1) is 0 Å². The number of hydrogen-bond acceptors (Lipinski definition) is 5. The van der Waals surface area contributed by atoms with Crippen LogP contribution in [-0.2, 0) is 5.41 Å². The summed E-state index contributed by atoms with van der Waals surface area (Å²) >= 11 is 1.90. The number of thioether (sulfide) groups is 1. The summed E-state index contributed by atoms with van der Waals surface area (Å²) in [4.78, 5) is 18.6. The van der Waals surface area contributed by atoms with Gasteiger partial charge in [-0.15, -0.1) is 0 Å². The molecule has 0 radical (unpaired) electrons. The minimum absolute atomic E-state index is 0.0728. The third-order valence-electron chi connectivity index (χ3n) is 3.54. The molecule has 1 atom stereocenters. The van der Waals surface area contributed by atoms with Gasteiger partial charge in [-0.05, 0) is 20.8 Å². The fraction of sp³-hybridized carbons (Fsp3) is 0.800. The number of nitrogens with one attached hydrogen (secondary N) is 1. The Morgan fingerprint density at radius 2 is 2.14 bits per heavy atom. The first-order valence-electron chi connectivity index (χ1n) is 7.62. The Labute approximate surface area is 136 Å². The number of amides is 2. The molecule has 2 amide bonds. The summed E-state index contributed by atoms with van der Waals surface area (Å²) in [5, 5.41) is 6.95. The van der Waals surface area contributed by atoms with Crippen LogP contribution in [-0.4, -0.2) is 44.7 Å². The van der Waals surface area contributed by atoms with E-state index >= 15 is 0 Å². The zero-order valence-electron chi connectivity index (χ0n) is 14.3. The van der Waals surface area contributed by atoms with E-state index in [0.29, 0.717) is 11.7 Å². The summed E-state index contributed by atoms with van der Waals surface area (Å²) in [7, 11) is 0. The van der Waals surface area contributed by atoms with E-state index in [1.54, 1.807) is 0 Å². The lowest BCUT2D eigenvalue weighted by molar-refractivity contribution is 0.188. The van der Waals surface area contributed by atoms with Crippen LogP contribution in [0.3, 0.4) is 0 Å². The number of nitrogens with zero attached hydrogens (tertiary/aromatic N) is 3. The Balaban J connectivity index is 1.98. The molecule has 1 aromatic heterocycles. The van der Waals surface area contributed by atoms with Gasteiger partial charge < -0.3 is 14.7 Å². The number of rotatable bonds is 2. The van der Waals surface area contributed by atoms with Crippen molar-refractivity contribution in [2.24, 2.45) is 0 Å². The van der Waals surface area contributed by atoms with Crippen molar-refractivity contribution in [3.05, 3.63) is 11.7 Å². The first kappa shape index (κ1) is 17.1. The summed E-state index contributed by atoms with van der Waals surface area (Å²) in [6, 6.07) is -0.370. The van der Waals surface area contributed by atoms with E-state index in [-0.39, 0.29) is 22.2 Å². The maximum absolute atomic E-state index is 12.4. The molecule has 0 bridgehead atoms. The van der Waals surface area contributed by atoms with E-state index in [1.165, 1.54) is 0 Å². The number of aromatic nitrogens is 2. The third kappa shape index (κ3) is 4.15. The van der Waals surface area contributed by atoms with Gasteiger partial charge >= 0.3 is 6.03 Å². The molecule has 1 saturated heterocycles. The normalized spacial score (nSPS) is 19.8. The van der Waals surface area contributed by atoms with E-state index in [9.17, 15) is 4.79 Å². The van der Waals surface area contributed by atoms with Crippen LogP contribution in [0, 0.1) is 0 Å². The molecule has 2 heterocycles. The second-order valence-corrected chi connectivity index (χ2v) is 9.21. The van der Waals surface area contributed by atoms with Crippen molar-refractivity contribution in [1.82, 2.24) is 20.4 Å². The SMILES string of the molecule is C[C@H](NC(=O)N1CCSC(C)(C)C1)c1nc(C(C)(C)C)no1. The molecule has 124 valence electrons. The van der Waals surface area contributed by atoms with Gasteiger partial charge in [-0.3, -0.25) is 0 Å². The average molecular weight is 326 g/mol. The highest BCUT2D eigenvalue weighted by atomic mass is 32.2. The van der Waals surface area contributed by atoms with E-state index < -0.39 is 0 Å². The highest BCUT2D eigenvalue weighted by Crippen LogP contribution is 2.29. The van der Waals surface area contributed by atoms with Crippen LogP contribution in [0.2, 0.25) is 0 Å². The van der Waals surface area contributed by atoms with Crippen molar-refractivity contribution in [1.29, 1.82) is 0 Å². The quantitative estimate of drug-likeness (QED) is 0.904. The molecular weight excluding hydrogens is 300 g/mol. The number of urea groups is 1. The van der Waals surface area contributed by atoms with Crippen LogP contribution in [0.5, 0.6) is 0 Å². The molecule has 2 rings (SSSR count). The van der Waals surface area contributed by atoms with Crippen molar-refractivity contribution in [2.45, 2.75) is 57.7 Å². The van der Waals surface area contributed by atoms with Gasteiger partial charge in [0.15, 0.2) is 5.82 Å². The standard InChI is InChI=1S/C15H26N4O2S/c1-10(11-17-12(18-21-11)14(2,3)4)16-13(20)19-7-8-22-15(5,6)9-19/h10H,7-9H2,1-6H3,(H,16,20)/t10-/m0/s1. The Morgan fingerprint density at radius 1 is 1.45 bits per heavy atom. The van der Waals surface area contributed by atoms with Crippen LogP contribution in [0.4, 0.5) is 4.79 Å². The maximum atomic E-state index is 12.4. The molecule has 0 saturated carbocycles. The van der Waals surface area contributed by atoms with Gasteiger partial charge in [-0.1, -0.05) is 25.9 Å². The molecule has 1 aliphatic rings. The smallest absolute Gasteiger partial charge is 0.318 e. The molecule has 0 spiro atoms. The lowest BCUT2D eigenvalue weighted by Gasteiger charge is -2.37. The molecule has 0 unspecified atom stereocenters. The zero-order valence-corrected chi connectivity index (χ0v) is 15.1. The van der Waals surface area contributed by atoms with E-state index in [2.05, 4.69) is 29.3 Å². The lowest BCUT2D eigenvalue weighted by atomic mass is 9.96. The number of carbonyl (C=O) groups excluding carboxylic acids is 1. The van der Waals surface area contributed by atoms with Gasteiger partial charge in [0.2, 0.25) is 5.89 Å². The molecule has 0 aliphatic carbocycles. The second-order valence-electron chi connectivity index (χ2n) is 7.41. The van der Waals surface area contributed by atoms with Crippen LogP contribution in [0.1, 0.15) is 59.3 Å². The van der Waals surface area contributed by atoms with Crippen molar-refractivity contribution in [3.8, 4) is 0 Å². The Hall–Kier alpha value is -1.24. The average Bonchev–Trinajstić information content (AvgIpc) is 2.86. The molecule has 0 aromatic carbocycles. The van der Waals surface area contributed by atoms with E-state index in [1.807, 2.05) is 44.4 Å². The van der Waals surface area contributed by atoms with Crippen molar-refractivity contribution < 1.29 is 9.32 Å². The Morgan fingerprint density at radius 3 is 2.68 bits per heavy atom. The minimum Gasteiger partial charge on any atom is -0.337 e. The zero-order chi connectivity index (χ0) is 16.5. The van der Waals surface area contributed by atoms with Crippen molar-refractivity contribution in [3.63, 3.8) is 0 Å². The first-order chi connectivity index (χ1) is 10.1. The largest absolute Gasteiger partial charge is 0.337 e. The molecule has 6 nitrogen and oxygen atoms in total. The van der Waals surface area contributed by atoms with Crippen molar-refractivity contribution in [2.75, 3.05) is 18.8 Å². The molecule has 22 heavy (non-hydrogen) atoms. The molecule has 1 aromatic rings. The highest BCUT2D eigenvalue weighted by Gasteiger charge is 2.31. The Bertz CT molecular complexity index is 536. The van der Waals surface area contributed by atoms with Crippen LogP contribution in [0.25, 0.3) is 0 Å². The van der Waals surface area contributed by atoms with Crippen LogP contribution >= 0.6 is 11.8 Å². The van der Waals surface area contributed by atoms with Gasteiger partial charge in [-0.2, -0.15) is 16.7 Å². The summed E-state index contributed by atoms with van der Waals surface area (Å²) in [5.41, 5.74) is -0.167. The summed E-state index contributed by atoms with van der Waals surface area (Å²) in [6.45, 7) is 13.8. The predicted octanol–water partition coefficient (Wildman–Crippen LogP) is 2.97. The topological polar surface area (TPSA) is 71.3 Å². The number of hydrogen-bond donors (Lipinski definition) is 1. The fourth-order valence-corrected chi connectivity index (χ4v) is 3.36. The molecule has 1 fully saturated rings. The van der Waals surface area contributed by atoms with Gasteiger partial charge in [-0.25, -0.2) is 4.79 Å². The summed E-state index contributed by atoms with van der Waals surface area (Å²) in [6.07, 6.45) is 0. The first-order valence-corrected chi connectivity index (χ1v) is 8.60. The van der Waals surface area contributed by atoms with Gasteiger partial charge in [0.25, 0.3) is 0 Å². The maximum Gasteiger partial charge on any atom is 0.318 e. The fourth-order valence-electron chi connectivity index (χ4n) is 2.24. The molecule has 7 heteroatoms. The monoisotopic (exact) mass is 326 g/mol. The third-order valence-corrected chi connectivity index (χ3v) is 4.83. The molecule has 1 N–H and O–H groups in total. The molecular formula is C15H26N4O2S. The minimum atomic E-state index is -0.297. The Kier molecular flexibility index (Phi) is 4.75. The van der Waals surface area contributed by atoms with Crippen LogP contribution < -0.4 is 5.32 Å². The van der Waals surface area contributed by atoms with Gasteiger partial charge in [0.1, 0.15) is 6.04 Å². The predicted molar refractivity (Wildman–Crippen MR) is 88.1 cm³/mol. The van der Waals surface area contributed by atoms with Crippen LogP contribution in [0.15, 0.2) is 4.52 Å². The number of carbonyl (C=O) groups is 1. The lowest BCUT2D eigenvalue weighted by Crippen LogP contribution is -2.50. The highest BCUT2D eigenvalue weighted by molar-refractivity contribution is 8.00. The summed E-state index contributed by atoms with van der Waals surface area (Å²) < 4.78 is 5.38. The summed E-state index contributed by atoms with van der Waals surface area (Å²) in [5.74, 6) is 2.06. The van der Waals surface area contributed by atoms with Crippen molar-refractivity contribution >= 4 is 17.8 Å².